The predicted octanol–water partition coefficient (Wildman–Crippen LogP) is 3.39. The number of nitrogens with zero attached hydrogens (tertiary/aromatic N) is 1. The molecule has 1 fully saturated rings. The van der Waals surface area contributed by atoms with Crippen LogP contribution in [0.4, 0.5) is 5.69 Å². The van der Waals surface area contributed by atoms with Gasteiger partial charge in [0.2, 0.25) is 0 Å². The van der Waals surface area contributed by atoms with E-state index in [0.717, 1.165) is 5.56 Å². The number of benzene rings is 2. The highest BCUT2D eigenvalue weighted by atomic mass is 35.5. The number of carbonyl (C=O) groups excluding carboxylic acids is 2. The van der Waals surface area contributed by atoms with E-state index in [1.54, 1.807) is 54.6 Å². The van der Waals surface area contributed by atoms with Gasteiger partial charge >= 0.3 is 5.97 Å². The number of carbonyl (C=O) groups is 2. The standard InChI is InChI=1S/C18H13ClN2O3S/c1-24-17(23)12-4-2-11(3-5-12)10-15-16(22)21(18(25)20-15)14-8-6-13(19)7-9-14/h2-10H,1H3,(H,20,25)/b15-10+. The molecule has 1 amide bonds. The lowest BCUT2D eigenvalue weighted by atomic mass is 10.1. The Morgan fingerprint density at radius 3 is 2.40 bits per heavy atom. The molecule has 2 aromatic carbocycles. The van der Waals surface area contributed by atoms with E-state index in [-0.39, 0.29) is 5.91 Å². The topological polar surface area (TPSA) is 58.6 Å². The average Bonchev–Trinajstić information content (AvgIpc) is 2.89. The zero-order valence-corrected chi connectivity index (χ0v) is 14.7. The maximum atomic E-state index is 12.6. The molecule has 1 N–H and O–H groups in total. The lowest BCUT2D eigenvalue weighted by Crippen LogP contribution is -2.30. The second-order valence-corrected chi connectivity index (χ2v) is 6.04. The normalized spacial score (nSPS) is 15.4. The quantitative estimate of drug-likeness (QED) is 0.508. The summed E-state index contributed by atoms with van der Waals surface area (Å²) in [5.41, 5.74) is 2.18. The first-order valence-electron chi connectivity index (χ1n) is 7.30. The van der Waals surface area contributed by atoms with Gasteiger partial charge in [-0.25, -0.2) is 4.79 Å². The second kappa shape index (κ2) is 7.04. The zero-order chi connectivity index (χ0) is 18.0. The van der Waals surface area contributed by atoms with Gasteiger partial charge in [0.1, 0.15) is 5.70 Å². The average molecular weight is 373 g/mol. The van der Waals surface area contributed by atoms with Crippen LogP contribution >= 0.6 is 23.8 Å². The van der Waals surface area contributed by atoms with Crippen LogP contribution in [0, 0.1) is 0 Å². The summed E-state index contributed by atoms with van der Waals surface area (Å²) in [5.74, 6) is -0.672. The third-order valence-electron chi connectivity index (χ3n) is 3.61. The van der Waals surface area contributed by atoms with E-state index in [0.29, 0.717) is 27.1 Å². The largest absolute Gasteiger partial charge is 0.465 e. The number of hydrogen-bond donors (Lipinski definition) is 1. The van der Waals surface area contributed by atoms with E-state index in [1.807, 2.05) is 0 Å². The van der Waals surface area contributed by atoms with Gasteiger partial charge in [0.25, 0.3) is 5.91 Å². The molecule has 0 spiro atoms. The molecule has 3 rings (SSSR count). The molecule has 0 saturated carbocycles. The number of anilines is 1. The lowest BCUT2D eigenvalue weighted by molar-refractivity contribution is -0.113. The summed E-state index contributed by atoms with van der Waals surface area (Å²) in [5, 5.41) is 3.78. The predicted molar refractivity (Wildman–Crippen MR) is 100 cm³/mol. The van der Waals surface area contributed by atoms with Crippen molar-refractivity contribution < 1.29 is 14.3 Å². The van der Waals surface area contributed by atoms with Gasteiger partial charge in [0, 0.05) is 5.02 Å². The highest BCUT2D eigenvalue weighted by molar-refractivity contribution is 7.80. The first-order chi connectivity index (χ1) is 12.0. The molecular formula is C18H13ClN2O3S. The van der Waals surface area contributed by atoms with Crippen LogP contribution in [-0.2, 0) is 9.53 Å². The van der Waals surface area contributed by atoms with Gasteiger partial charge in [0.05, 0.1) is 18.4 Å². The molecule has 0 aromatic heterocycles. The molecule has 0 atom stereocenters. The number of halogens is 1. The van der Waals surface area contributed by atoms with Crippen LogP contribution in [-0.4, -0.2) is 24.1 Å². The Bertz CT molecular complexity index is 876. The number of methoxy groups -OCH3 is 1. The third kappa shape index (κ3) is 3.55. The number of esters is 1. The molecule has 126 valence electrons. The van der Waals surface area contributed by atoms with Crippen molar-refractivity contribution in [1.29, 1.82) is 0 Å². The van der Waals surface area contributed by atoms with E-state index in [4.69, 9.17) is 23.8 Å². The number of rotatable bonds is 3. The lowest BCUT2D eigenvalue weighted by Gasteiger charge is -2.13. The van der Waals surface area contributed by atoms with Gasteiger partial charge in [-0.1, -0.05) is 23.7 Å². The van der Waals surface area contributed by atoms with Crippen LogP contribution in [0.5, 0.6) is 0 Å². The summed E-state index contributed by atoms with van der Waals surface area (Å²) in [6.07, 6.45) is 1.67. The highest BCUT2D eigenvalue weighted by Gasteiger charge is 2.31. The Balaban J connectivity index is 1.85. The molecule has 5 nitrogen and oxygen atoms in total. The minimum absolute atomic E-state index is 0.260. The summed E-state index contributed by atoms with van der Waals surface area (Å²) in [4.78, 5) is 25.5. The Morgan fingerprint density at radius 2 is 1.80 bits per heavy atom. The molecule has 0 radical (unpaired) electrons. The SMILES string of the molecule is COC(=O)c1ccc(/C=C2/NC(=S)N(c3ccc(Cl)cc3)C2=O)cc1. The van der Waals surface area contributed by atoms with E-state index in [9.17, 15) is 9.59 Å². The van der Waals surface area contributed by atoms with Crippen LogP contribution in [0.15, 0.2) is 54.2 Å². The Labute approximate surface area is 154 Å². The van der Waals surface area contributed by atoms with Crippen molar-refractivity contribution in [3.63, 3.8) is 0 Å². The van der Waals surface area contributed by atoms with E-state index < -0.39 is 5.97 Å². The second-order valence-electron chi connectivity index (χ2n) is 5.22. The van der Waals surface area contributed by atoms with E-state index in [1.165, 1.54) is 12.0 Å². The third-order valence-corrected chi connectivity index (χ3v) is 4.14. The van der Waals surface area contributed by atoms with Crippen molar-refractivity contribution in [3.8, 4) is 0 Å². The summed E-state index contributed by atoms with van der Waals surface area (Å²) in [6.45, 7) is 0. The summed E-state index contributed by atoms with van der Waals surface area (Å²) in [6, 6.07) is 13.6. The van der Waals surface area contributed by atoms with E-state index >= 15 is 0 Å². The molecule has 1 saturated heterocycles. The zero-order valence-electron chi connectivity index (χ0n) is 13.2. The number of thiocarbonyl (C=S) groups is 1. The van der Waals surface area contributed by atoms with Gasteiger partial charge in [-0.2, -0.15) is 0 Å². The van der Waals surface area contributed by atoms with Gasteiger partial charge in [-0.05, 0) is 60.3 Å². The van der Waals surface area contributed by atoms with Crippen LogP contribution < -0.4 is 10.2 Å². The Morgan fingerprint density at radius 1 is 1.16 bits per heavy atom. The molecule has 2 aromatic rings. The van der Waals surface area contributed by atoms with Crippen molar-refractivity contribution in [2.24, 2.45) is 0 Å². The van der Waals surface area contributed by atoms with Crippen molar-refractivity contribution >= 4 is 52.6 Å². The summed E-state index contributed by atoms with van der Waals surface area (Å²) >= 11 is 11.1. The molecule has 0 bridgehead atoms. The molecule has 1 heterocycles. The van der Waals surface area contributed by atoms with Crippen LogP contribution in [0.2, 0.25) is 5.02 Å². The number of ether oxygens (including phenoxy) is 1. The number of hydrogen-bond acceptors (Lipinski definition) is 4. The highest BCUT2D eigenvalue weighted by Crippen LogP contribution is 2.24. The minimum atomic E-state index is -0.413. The molecule has 7 heteroatoms. The Hall–Kier alpha value is -2.70. The molecule has 1 aliphatic rings. The van der Waals surface area contributed by atoms with Gasteiger partial charge < -0.3 is 10.1 Å². The van der Waals surface area contributed by atoms with E-state index in [2.05, 4.69) is 10.1 Å². The van der Waals surface area contributed by atoms with Gasteiger partial charge in [0.15, 0.2) is 5.11 Å². The maximum absolute atomic E-state index is 12.6. The molecule has 25 heavy (non-hydrogen) atoms. The maximum Gasteiger partial charge on any atom is 0.337 e. The first kappa shape index (κ1) is 17.1. The van der Waals surface area contributed by atoms with Crippen molar-refractivity contribution in [2.75, 3.05) is 12.0 Å². The fourth-order valence-electron chi connectivity index (χ4n) is 2.36. The number of nitrogens with one attached hydrogen (secondary N) is 1. The fraction of sp³-hybridized carbons (Fsp3) is 0.0556. The molecule has 1 aliphatic heterocycles. The summed E-state index contributed by atoms with van der Waals surface area (Å²) in [7, 11) is 1.33. The molecule has 0 unspecified atom stereocenters. The monoisotopic (exact) mass is 372 g/mol. The van der Waals surface area contributed by atoms with Gasteiger partial charge in [-0.3, -0.25) is 9.69 Å². The molecule has 0 aliphatic carbocycles. The van der Waals surface area contributed by atoms with Crippen molar-refractivity contribution in [3.05, 3.63) is 70.4 Å². The van der Waals surface area contributed by atoms with Crippen LogP contribution in [0.25, 0.3) is 6.08 Å². The minimum Gasteiger partial charge on any atom is -0.465 e. The molecular weight excluding hydrogens is 360 g/mol. The number of amides is 1. The Kier molecular flexibility index (Phi) is 4.83. The van der Waals surface area contributed by atoms with Gasteiger partial charge in [-0.15, -0.1) is 0 Å². The smallest absolute Gasteiger partial charge is 0.337 e. The van der Waals surface area contributed by atoms with Crippen LogP contribution in [0.3, 0.4) is 0 Å². The summed E-state index contributed by atoms with van der Waals surface area (Å²) < 4.78 is 4.66. The van der Waals surface area contributed by atoms with Crippen molar-refractivity contribution in [2.45, 2.75) is 0 Å². The van der Waals surface area contributed by atoms with Crippen molar-refractivity contribution in [1.82, 2.24) is 5.32 Å². The fourth-order valence-corrected chi connectivity index (χ4v) is 2.78. The first-order valence-corrected chi connectivity index (χ1v) is 8.09. The van der Waals surface area contributed by atoms with Crippen LogP contribution in [0.1, 0.15) is 15.9 Å².